The first-order chi connectivity index (χ1) is 17.1. The summed E-state index contributed by atoms with van der Waals surface area (Å²) in [6.07, 6.45) is 0. The van der Waals surface area contributed by atoms with Crippen LogP contribution >= 0.6 is 0 Å². The molecule has 0 N–H and O–H groups in total. The molecule has 1 atom stereocenters. The summed E-state index contributed by atoms with van der Waals surface area (Å²) in [4.78, 5) is 0. The highest BCUT2D eigenvalue weighted by molar-refractivity contribution is 7.03. The summed E-state index contributed by atoms with van der Waals surface area (Å²) in [7, 11) is -2.96. The van der Waals surface area contributed by atoms with Crippen LogP contribution in [-0.2, 0) is 9.31 Å². The molecular weight excluding hydrogens is 455 g/mol. The number of fused-ring (bicyclic) bond motifs is 1. The molecule has 2 nitrogen and oxygen atoms in total. The topological polar surface area (TPSA) is 18.5 Å². The molecule has 0 aromatic heterocycles. The molecule has 0 saturated carbocycles. The van der Waals surface area contributed by atoms with Gasteiger partial charge in [0, 0.05) is 5.54 Å². The molecule has 0 bridgehead atoms. The quantitative estimate of drug-likeness (QED) is 0.286. The van der Waals surface area contributed by atoms with Crippen LogP contribution in [0.25, 0.3) is 10.8 Å². The second kappa shape index (κ2) is 9.19. The number of hydrogen-bond donors (Lipinski definition) is 0. The van der Waals surface area contributed by atoms with E-state index in [4.69, 9.17) is 15.9 Å². The van der Waals surface area contributed by atoms with E-state index in [1.807, 2.05) is 0 Å². The number of rotatable bonds is 6. The van der Waals surface area contributed by atoms with Crippen molar-refractivity contribution in [3.8, 4) is 0 Å². The molecule has 0 amide bonds. The van der Waals surface area contributed by atoms with E-state index in [2.05, 4.69) is 137 Å². The first kappa shape index (κ1) is 24.8. The largest absolute Gasteiger partial charge is 0.490 e. The van der Waals surface area contributed by atoms with Crippen molar-refractivity contribution in [2.45, 2.75) is 51.0 Å². The molecular formula is C32H35BO2Si. The van der Waals surface area contributed by atoms with Gasteiger partial charge >= 0.3 is 7.12 Å². The second-order valence-corrected chi connectivity index (χ2v) is 15.2. The van der Waals surface area contributed by atoms with Crippen molar-refractivity contribution in [2.75, 3.05) is 0 Å². The molecule has 4 aromatic carbocycles. The van der Waals surface area contributed by atoms with Gasteiger partial charge in [-0.1, -0.05) is 120 Å². The summed E-state index contributed by atoms with van der Waals surface area (Å²) < 4.78 is 13.2. The van der Waals surface area contributed by atoms with Crippen LogP contribution in [0.5, 0.6) is 0 Å². The van der Waals surface area contributed by atoms with Crippen LogP contribution in [0.3, 0.4) is 0 Å². The van der Waals surface area contributed by atoms with E-state index in [1.54, 1.807) is 0 Å². The Kier molecular flexibility index (Phi) is 6.32. The van der Waals surface area contributed by atoms with Crippen molar-refractivity contribution in [1.29, 1.82) is 0 Å². The Balaban J connectivity index is 1.78. The minimum atomic E-state index is -2.47. The molecule has 182 valence electrons. The van der Waals surface area contributed by atoms with Crippen molar-refractivity contribution in [1.82, 2.24) is 0 Å². The summed E-state index contributed by atoms with van der Waals surface area (Å²) >= 11 is 0. The summed E-state index contributed by atoms with van der Waals surface area (Å²) in [5.74, 6) is 0. The van der Waals surface area contributed by atoms with Gasteiger partial charge < -0.3 is 9.31 Å². The molecule has 4 aromatic rings. The predicted octanol–water partition coefficient (Wildman–Crippen LogP) is 6.54. The number of benzene rings is 4. The molecule has 36 heavy (non-hydrogen) atoms. The third kappa shape index (κ3) is 4.07. The van der Waals surface area contributed by atoms with Crippen molar-refractivity contribution < 1.29 is 9.31 Å². The summed E-state index contributed by atoms with van der Waals surface area (Å²) in [6, 6.07) is 37.3. The van der Waals surface area contributed by atoms with Crippen molar-refractivity contribution in [3.05, 3.63) is 121 Å². The fourth-order valence-electron chi connectivity index (χ4n) is 5.58. The smallest absolute Gasteiger partial charge is 0.400 e. The van der Waals surface area contributed by atoms with Crippen LogP contribution in [0, 0.1) is 0 Å². The van der Waals surface area contributed by atoms with E-state index in [-0.39, 0.29) is 5.54 Å². The van der Waals surface area contributed by atoms with Gasteiger partial charge in [0.05, 0.1) is 11.2 Å². The highest BCUT2D eigenvalue weighted by atomic mass is 28.3. The van der Waals surface area contributed by atoms with Gasteiger partial charge in [-0.2, -0.15) is 0 Å². The van der Waals surface area contributed by atoms with Crippen molar-refractivity contribution in [2.24, 2.45) is 0 Å². The van der Waals surface area contributed by atoms with Gasteiger partial charge in [0.2, 0.25) is 0 Å². The average Bonchev–Trinajstić information content (AvgIpc) is 3.11. The van der Waals surface area contributed by atoms with Gasteiger partial charge in [0.25, 0.3) is 0 Å². The molecule has 0 unspecified atom stereocenters. The minimum absolute atomic E-state index is 0.0306. The first-order valence-corrected chi connectivity index (χ1v) is 15.4. The third-order valence-electron chi connectivity index (χ3n) is 8.39. The zero-order chi connectivity index (χ0) is 25.6. The Hall–Kier alpha value is -2.92. The lowest BCUT2D eigenvalue weighted by molar-refractivity contribution is 0.00578. The Bertz CT molecular complexity index is 1320. The summed E-state index contributed by atoms with van der Waals surface area (Å²) in [6.45, 7) is 15.7. The van der Waals surface area contributed by atoms with Crippen molar-refractivity contribution in [3.63, 3.8) is 0 Å². The van der Waals surface area contributed by atoms with Gasteiger partial charge in [0.1, 0.15) is 8.07 Å². The molecule has 4 heteroatoms. The van der Waals surface area contributed by atoms with Crippen LogP contribution in [0.15, 0.2) is 115 Å². The maximum absolute atomic E-state index is 6.61. The molecule has 1 aliphatic heterocycles. The SMILES string of the molecule is C=C(B1OC(C)(C)C(C)(C)O1)[C@H](c1cccc2ccccc12)[Si](C)(c1ccccc1)c1ccccc1. The Labute approximate surface area is 217 Å². The molecule has 0 spiro atoms. The van der Waals surface area contributed by atoms with E-state index in [0.29, 0.717) is 0 Å². The van der Waals surface area contributed by atoms with E-state index < -0.39 is 26.4 Å². The molecule has 0 aliphatic carbocycles. The fraction of sp³-hybridized carbons (Fsp3) is 0.250. The first-order valence-electron chi connectivity index (χ1n) is 12.8. The van der Waals surface area contributed by atoms with Crippen molar-refractivity contribution >= 4 is 36.3 Å². The molecule has 1 aliphatic rings. The van der Waals surface area contributed by atoms with E-state index in [9.17, 15) is 0 Å². The lowest BCUT2D eigenvalue weighted by Crippen LogP contribution is -2.61. The summed E-state index contributed by atoms with van der Waals surface area (Å²) in [5.41, 5.74) is 1.45. The highest BCUT2D eigenvalue weighted by Crippen LogP contribution is 2.44. The summed E-state index contributed by atoms with van der Waals surface area (Å²) in [5, 5.41) is 5.23. The monoisotopic (exact) mass is 490 g/mol. The van der Waals surface area contributed by atoms with Crippen LogP contribution in [-0.4, -0.2) is 26.4 Å². The van der Waals surface area contributed by atoms with Crippen LogP contribution in [0.4, 0.5) is 0 Å². The normalized spacial score (nSPS) is 17.8. The van der Waals surface area contributed by atoms with Gasteiger partial charge in [-0.05, 0) is 49.5 Å². The van der Waals surface area contributed by atoms with Gasteiger partial charge in [-0.15, -0.1) is 6.58 Å². The number of hydrogen-bond acceptors (Lipinski definition) is 2. The Morgan fingerprint density at radius 1 is 0.694 bits per heavy atom. The zero-order valence-electron chi connectivity index (χ0n) is 22.0. The highest BCUT2D eigenvalue weighted by Gasteiger charge is 2.55. The van der Waals surface area contributed by atoms with Gasteiger partial charge in [0.15, 0.2) is 0 Å². The Morgan fingerprint density at radius 2 is 1.17 bits per heavy atom. The van der Waals surface area contributed by atoms with Gasteiger partial charge in [-0.25, -0.2) is 0 Å². The third-order valence-corrected chi connectivity index (χ3v) is 13.3. The second-order valence-electron chi connectivity index (χ2n) is 11.1. The number of allylic oxidation sites excluding steroid dienone is 1. The van der Waals surface area contributed by atoms with E-state index in [0.717, 1.165) is 5.47 Å². The lowest BCUT2D eigenvalue weighted by atomic mass is 9.75. The fourth-order valence-corrected chi connectivity index (χ4v) is 10.1. The molecule has 0 radical (unpaired) electrons. The van der Waals surface area contributed by atoms with Crippen LogP contribution in [0.2, 0.25) is 6.55 Å². The van der Waals surface area contributed by atoms with Crippen LogP contribution < -0.4 is 10.4 Å². The van der Waals surface area contributed by atoms with E-state index >= 15 is 0 Å². The molecule has 1 fully saturated rings. The predicted molar refractivity (Wildman–Crippen MR) is 156 cm³/mol. The van der Waals surface area contributed by atoms with Crippen LogP contribution in [0.1, 0.15) is 38.8 Å². The maximum Gasteiger partial charge on any atom is 0.490 e. The zero-order valence-corrected chi connectivity index (χ0v) is 23.0. The molecule has 1 saturated heterocycles. The molecule has 1 heterocycles. The average molecular weight is 491 g/mol. The van der Waals surface area contributed by atoms with E-state index in [1.165, 1.54) is 26.7 Å². The standard InChI is InChI=1S/C32H35BO2Si/c1-24(33-34-31(2,3)32(4,5)35-33)30(29-23-15-17-25-16-13-14-22-28(25)29)36(6,26-18-9-7-10-19-26)27-20-11-8-12-21-27/h7-23,30H,1H2,2-6H3/t30-/m1/s1. The lowest BCUT2D eigenvalue weighted by Gasteiger charge is -2.39. The Morgan fingerprint density at radius 3 is 1.72 bits per heavy atom. The minimum Gasteiger partial charge on any atom is -0.400 e. The maximum atomic E-state index is 6.61. The van der Waals surface area contributed by atoms with Gasteiger partial charge in [-0.3, -0.25) is 0 Å². The molecule has 5 rings (SSSR count).